The molecule has 3 rings (SSSR count). The van der Waals surface area contributed by atoms with Crippen LogP contribution in [-0.4, -0.2) is 19.2 Å². The van der Waals surface area contributed by atoms with Crippen LogP contribution in [0.2, 0.25) is 0 Å². The topological polar surface area (TPSA) is 64.4 Å². The average Bonchev–Trinajstić information content (AvgIpc) is 2.45. The molecule has 1 heterocycles. The highest BCUT2D eigenvalue weighted by atomic mass is 16.5. The number of ether oxygens (including phenoxy) is 1. The van der Waals surface area contributed by atoms with Gasteiger partial charge in [-0.15, -0.1) is 0 Å². The molecule has 2 bridgehead atoms. The van der Waals surface area contributed by atoms with Gasteiger partial charge in [0.25, 0.3) is 0 Å². The summed E-state index contributed by atoms with van der Waals surface area (Å²) in [5, 5.41) is 3.38. The zero-order valence-electron chi connectivity index (χ0n) is 12.8. The molecular formula is C17H22N2O2. The summed E-state index contributed by atoms with van der Waals surface area (Å²) in [6, 6.07) is 0. The van der Waals surface area contributed by atoms with Gasteiger partial charge in [-0.05, 0) is 43.9 Å². The minimum Gasteiger partial charge on any atom is -0.369 e. The zero-order valence-corrected chi connectivity index (χ0v) is 12.8. The summed E-state index contributed by atoms with van der Waals surface area (Å²) in [7, 11) is 1.67. The lowest BCUT2D eigenvalue weighted by molar-refractivity contribution is -0.124. The van der Waals surface area contributed by atoms with E-state index in [2.05, 4.69) is 24.4 Å². The van der Waals surface area contributed by atoms with Crippen molar-refractivity contribution >= 4 is 5.91 Å². The number of carbonyl (C=O) groups excluding carboxylic acids is 1. The molecule has 112 valence electrons. The van der Waals surface area contributed by atoms with Crippen molar-refractivity contribution in [1.29, 1.82) is 0 Å². The van der Waals surface area contributed by atoms with Gasteiger partial charge in [0.1, 0.15) is 11.6 Å². The Morgan fingerprint density at radius 2 is 2.33 bits per heavy atom. The van der Waals surface area contributed by atoms with Gasteiger partial charge in [0, 0.05) is 18.7 Å². The molecule has 3 aliphatic rings. The molecule has 0 fully saturated rings. The Bertz CT molecular complexity index is 612. The minimum atomic E-state index is -0.700. The normalized spacial score (nSPS) is 36.1. The maximum absolute atomic E-state index is 12.4. The van der Waals surface area contributed by atoms with E-state index in [4.69, 9.17) is 10.5 Å². The van der Waals surface area contributed by atoms with E-state index in [1.165, 1.54) is 5.57 Å². The molecule has 3 atom stereocenters. The van der Waals surface area contributed by atoms with Gasteiger partial charge in [0.15, 0.2) is 0 Å². The van der Waals surface area contributed by atoms with Crippen LogP contribution in [0.25, 0.3) is 0 Å². The third kappa shape index (κ3) is 1.89. The second-order valence-electron chi connectivity index (χ2n) is 6.07. The highest BCUT2D eigenvalue weighted by Gasteiger charge is 2.51. The highest BCUT2D eigenvalue weighted by molar-refractivity contribution is 5.91. The van der Waals surface area contributed by atoms with Crippen molar-refractivity contribution in [2.45, 2.75) is 32.9 Å². The van der Waals surface area contributed by atoms with E-state index in [-0.39, 0.29) is 18.1 Å². The van der Waals surface area contributed by atoms with Gasteiger partial charge in [0.2, 0.25) is 5.91 Å². The summed E-state index contributed by atoms with van der Waals surface area (Å²) in [4.78, 5) is 12.4. The Kier molecular flexibility index (Phi) is 3.29. The van der Waals surface area contributed by atoms with E-state index >= 15 is 0 Å². The average molecular weight is 286 g/mol. The highest BCUT2D eigenvalue weighted by Crippen LogP contribution is 2.55. The molecule has 4 heteroatoms. The largest absolute Gasteiger partial charge is 0.369 e. The van der Waals surface area contributed by atoms with E-state index in [1.54, 1.807) is 7.11 Å². The fourth-order valence-electron chi connectivity index (χ4n) is 4.08. The van der Waals surface area contributed by atoms with Gasteiger partial charge in [-0.25, -0.2) is 0 Å². The fourth-order valence-corrected chi connectivity index (χ4v) is 4.08. The number of fused-ring (bicyclic) bond motifs is 3. The van der Waals surface area contributed by atoms with Gasteiger partial charge in [-0.2, -0.15) is 0 Å². The summed E-state index contributed by atoms with van der Waals surface area (Å²) in [6.07, 6.45) is 9.70. The first-order valence-corrected chi connectivity index (χ1v) is 7.38. The number of hydrogen-bond donors (Lipinski definition) is 2. The number of carbonyl (C=O) groups is 1. The van der Waals surface area contributed by atoms with E-state index < -0.39 is 5.41 Å². The van der Waals surface area contributed by atoms with Crippen LogP contribution < -0.4 is 11.1 Å². The molecule has 0 spiro atoms. The molecule has 0 saturated carbocycles. The molecule has 1 unspecified atom stereocenters. The number of methoxy groups -OCH3 is 1. The molecule has 21 heavy (non-hydrogen) atoms. The van der Waals surface area contributed by atoms with Gasteiger partial charge >= 0.3 is 0 Å². The quantitative estimate of drug-likeness (QED) is 0.765. The SMILES string of the molecule is C/C=C1\[C@@H]2C=C(C)C[C@@]1(C(N)=O)C1=C(C2)NC(OC)C=C1. The summed E-state index contributed by atoms with van der Waals surface area (Å²) in [5.41, 5.74) is 9.65. The number of nitrogens with one attached hydrogen (secondary N) is 1. The molecule has 0 saturated heterocycles. The van der Waals surface area contributed by atoms with Crippen LogP contribution in [0.15, 0.2) is 46.7 Å². The fraction of sp³-hybridized carbons (Fsp3) is 0.471. The van der Waals surface area contributed by atoms with Crippen LogP contribution in [0.5, 0.6) is 0 Å². The van der Waals surface area contributed by atoms with Crippen LogP contribution in [0, 0.1) is 11.3 Å². The molecule has 0 aromatic heterocycles. The molecule has 0 aromatic rings. The van der Waals surface area contributed by atoms with Crippen LogP contribution in [-0.2, 0) is 9.53 Å². The van der Waals surface area contributed by atoms with Crippen molar-refractivity contribution in [3.63, 3.8) is 0 Å². The first-order chi connectivity index (χ1) is 10.0. The summed E-state index contributed by atoms with van der Waals surface area (Å²) < 4.78 is 5.35. The lowest BCUT2D eigenvalue weighted by atomic mass is 9.57. The molecule has 0 aromatic carbocycles. The maximum Gasteiger partial charge on any atom is 0.232 e. The number of dihydropyridines is 1. The molecule has 2 aliphatic carbocycles. The number of nitrogens with two attached hydrogens (primary N) is 1. The molecule has 1 amide bonds. The van der Waals surface area contributed by atoms with E-state index in [1.807, 2.05) is 19.1 Å². The van der Waals surface area contributed by atoms with E-state index in [9.17, 15) is 4.79 Å². The Labute approximate surface area is 125 Å². The van der Waals surface area contributed by atoms with Crippen molar-refractivity contribution in [2.75, 3.05) is 7.11 Å². The third-order valence-corrected chi connectivity index (χ3v) is 4.87. The number of amides is 1. The maximum atomic E-state index is 12.4. The van der Waals surface area contributed by atoms with Gasteiger partial charge in [-0.3, -0.25) is 4.79 Å². The van der Waals surface area contributed by atoms with Crippen LogP contribution in [0.4, 0.5) is 0 Å². The third-order valence-electron chi connectivity index (χ3n) is 4.87. The molecule has 4 nitrogen and oxygen atoms in total. The number of allylic oxidation sites excluding steroid dienone is 5. The Balaban J connectivity index is 2.19. The Morgan fingerprint density at radius 1 is 1.57 bits per heavy atom. The Hall–Kier alpha value is -1.81. The summed E-state index contributed by atoms with van der Waals surface area (Å²) in [6.45, 7) is 4.08. The smallest absolute Gasteiger partial charge is 0.232 e. The molecule has 3 N–H and O–H groups in total. The van der Waals surface area contributed by atoms with Crippen molar-refractivity contribution in [3.05, 3.63) is 46.7 Å². The van der Waals surface area contributed by atoms with Crippen molar-refractivity contribution in [2.24, 2.45) is 17.1 Å². The monoisotopic (exact) mass is 286 g/mol. The predicted molar refractivity (Wildman–Crippen MR) is 82.0 cm³/mol. The first kappa shape index (κ1) is 14.1. The van der Waals surface area contributed by atoms with Crippen molar-refractivity contribution < 1.29 is 9.53 Å². The zero-order chi connectivity index (χ0) is 15.2. The van der Waals surface area contributed by atoms with Crippen molar-refractivity contribution in [1.82, 2.24) is 5.32 Å². The Morgan fingerprint density at radius 3 is 2.95 bits per heavy atom. The van der Waals surface area contributed by atoms with Gasteiger partial charge in [0.05, 0.1) is 0 Å². The predicted octanol–water partition coefficient (Wildman–Crippen LogP) is 2.16. The summed E-state index contributed by atoms with van der Waals surface area (Å²) in [5.74, 6) is -0.0194. The van der Waals surface area contributed by atoms with Crippen LogP contribution >= 0.6 is 0 Å². The van der Waals surface area contributed by atoms with Crippen LogP contribution in [0.3, 0.4) is 0 Å². The number of rotatable bonds is 2. The number of primary amides is 1. The van der Waals surface area contributed by atoms with Gasteiger partial charge < -0.3 is 15.8 Å². The van der Waals surface area contributed by atoms with Crippen LogP contribution in [0.1, 0.15) is 26.7 Å². The number of hydrogen-bond acceptors (Lipinski definition) is 3. The first-order valence-electron chi connectivity index (χ1n) is 7.38. The van der Waals surface area contributed by atoms with E-state index in [0.29, 0.717) is 6.42 Å². The molecular weight excluding hydrogens is 264 g/mol. The standard InChI is InChI=1S/C17H22N2O2/c1-4-12-11-7-10(2)9-17(12,16(18)20)13-5-6-15(21-3)19-14(13)8-11/h4-7,11,15,19H,8-9H2,1-3H3,(H2,18,20)/b12-4+/t11-,15?,17+/m1/s1. The molecule has 0 radical (unpaired) electrons. The minimum absolute atomic E-state index is 0.133. The summed E-state index contributed by atoms with van der Waals surface area (Å²) >= 11 is 0. The second-order valence-corrected chi connectivity index (χ2v) is 6.07. The van der Waals surface area contributed by atoms with Gasteiger partial charge in [-0.1, -0.05) is 23.8 Å². The second kappa shape index (κ2) is 4.88. The lowest BCUT2D eigenvalue weighted by Crippen LogP contribution is -2.50. The van der Waals surface area contributed by atoms with Crippen molar-refractivity contribution in [3.8, 4) is 0 Å². The van der Waals surface area contributed by atoms with E-state index in [0.717, 1.165) is 23.3 Å². The molecule has 1 aliphatic heterocycles. The lowest BCUT2D eigenvalue weighted by Gasteiger charge is -2.48.